The molecular weight excluding hydrogens is 292 g/mol. The van der Waals surface area contributed by atoms with E-state index in [0.717, 1.165) is 35.8 Å². The van der Waals surface area contributed by atoms with E-state index in [9.17, 15) is 4.79 Å². The van der Waals surface area contributed by atoms with Crippen LogP contribution in [0, 0.1) is 11.8 Å². The average molecular weight is 316 g/mol. The number of amides is 1. The van der Waals surface area contributed by atoms with Gasteiger partial charge in [0, 0.05) is 30.6 Å². The zero-order valence-electron chi connectivity index (χ0n) is 13.1. The maximum atomic E-state index is 12.9. The van der Waals surface area contributed by atoms with Crippen LogP contribution < -0.4 is 0 Å². The monoisotopic (exact) mass is 316 g/mol. The number of carbonyl (C=O) groups excluding carboxylic acids is 1. The van der Waals surface area contributed by atoms with E-state index in [1.165, 1.54) is 62.1 Å². The van der Waals surface area contributed by atoms with E-state index in [1.54, 1.807) is 11.3 Å². The van der Waals surface area contributed by atoms with Gasteiger partial charge in [-0.15, -0.1) is 11.3 Å². The molecule has 0 spiro atoms. The Morgan fingerprint density at radius 1 is 1.14 bits per heavy atom. The third kappa shape index (κ3) is 2.00. The van der Waals surface area contributed by atoms with Crippen LogP contribution in [-0.2, 0) is 12.8 Å². The summed E-state index contributed by atoms with van der Waals surface area (Å²) < 4.78 is 0. The lowest BCUT2D eigenvalue weighted by Gasteiger charge is -2.33. The van der Waals surface area contributed by atoms with Crippen molar-refractivity contribution in [3.63, 3.8) is 0 Å². The smallest absolute Gasteiger partial charge is 0.263 e. The standard InChI is InChI=1S/C18H24N2OS/c21-18(17-8-12-4-3-6-16(12)22-17)20-10-13-9-19-7-2-1-5-15(19)14(13)11-20/h8,13-15H,1-7,9-11H2/t13-,14+,15+/m0/s1. The maximum absolute atomic E-state index is 12.9. The zero-order chi connectivity index (χ0) is 14.7. The summed E-state index contributed by atoms with van der Waals surface area (Å²) in [5.41, 5.74) is 1.45. The Hall–Kier alpha value is -0.870. The van der Waals surface area contributed by atoms with Crippen molar-refractivity contribution in [1.82, 2.24) is 9.80 Å². The average Bonchev–Trinajstić information content (AvgIpc) is 3.24. The van der Waals surface area contributed by atoms with Crippen molar-refractivity contribution < 1.29 is 4.79 Å². The summed E-state index contributed by atoms with van der Waals surface area (Å²) in [6.07, 6.45) is 7.77. The number of hydrogen-bond donors (Lipinski definition) is 0. The van der Waals surface area contributed by atoms with Crippen molar-refractivity contribution in [3.05, 3.63) is 21.4 Å². The van der Waals surface area contributed by atoms with Crippen LogP contribution in [0.3, 0.4) is 0 Å². The molecular formula is C18H24N2OS. The quantitative estimate of drug-likeness (QED) is 0.795. The third-order valence-corrected chi connectivity index (χ3v) is 7.59. The molecule has 3 aliphatic heterocycles. The van der Waals surface area contributed by atoms with Crippen LogP contribution in [0.25, 0.3) is 0 Å². The van der Waals surface area contributed by atoms with E-state index in [4.69, 9.17) is 0 Å². The molecule has 4 aliphatic rings. The van der Waals surface area contributed by atoms with Gasteiger partial charge in [-0.1, -0.05) is 6.42 Å². The highest BCUT2D eigenvalue weighted by Crippen LogP contribution is 2.41. The van der Waals surface area contributed by atoms with E-state index in [1.807, 2.05) is 0 Å². The van der Waals surface area contributed by atoms with Crippen molar-refractivity contribution >= 4 is 17.2 Å². The second-order valence-electron chi connectivity index (χ2n) is 7.60. The molecule has 0 N–H and O–H groups in total. The molecule has 3 fully saturated rings. The molecule has 0 unspecified atom stereocenters. The van der Waals surface area contributed by atoms with E-state index in [2.05, 4.69) is 15.9 Å². The highest BCUT2D eigenvalue weighted by Gasteiger charge is 2.48. The third-order valence-electron chi connectivity index (χ3n) is 6.36. The minimum absolute atomic E-state index is 0.316. The fourth-order valence-corrected chi connectivity index (χ4v) is 6.53. The number of carbonyl (C=O) groups is 1. The van der Waals surface area contributed by atoms with E-state index in [-0.39, 0.29) is 0 Å². The van der Waals surface area contributed by atoms with Gasteiger partial charge in [0.1, 0.15) is 0 Å². The highest BCUT2D eigenvalue weighted by molar-refractivity contribution is 7.14. The molecule has 3 saturated heterocycles. The van der Waals surface area contributed by atoms with Gasteiger partial charge in [-0.05, 0) is 62.1 Å². The van der Waals surface area contributed by atoms with Gasteiger partial charge in [-0.25, -0.2) is 0 Å². The molecule has 3 nitrogen and oxygen atoms in total. The first-order chi connectivity index (χ1) is 10.8. The number of likely N-dealkylation sites (tertiary alicyclic amines) is 1. The Morgan fingerprint density at radius 3 is 3.00 bits per heavy atom. The number of rotatable bonds is 1. The van der Waals surface area contributed by atoms with Crippen LogP contribution in [-0.4, -0.2) is 47.9 Å². The molecule has 0 bridgehead atoms. The Balaban J connectivity index is 1.32. The number of fused-ring (bicyclic) bond motifs is 4. The molecule has 4 heteroatoms. The molecule has 1 aliphatic carbocycles. The van der Waals surface area contributed by atoms with Crippen molar-refractivity contribution in [2.24, 2.45) is 11.8 Å². The largest absolute Gasteiger partial charge is 0.337 e. The molecule has 3 atom stereocenters. The molecule has 0 aromatic carbocycles. The summed E-state index contributed by atoms with van der Waals surface area (Å²) >= 11 is 1.77. The predicted octanol–water partition coefficient (Wildman–Crippen LogP) is 2.79. The predicted molar refractivity (Wildman–Crippen MR) is 88.4 cm³/mol. The first-order valence-electron chi connectivity index (χ1n) is 8.94. The second-order valence-corrected chi connectivity index (χ2v) is 8.74. The molecule has 118 valence electrons. The minimum Gasteiger partial charge on any atom is -0.337 e. The summed E-state index contributed by atoms with van der Waals surface area (Å²) in [5.74, 6) is 1.80. The molecule has 4 heterocycles. The Bertz CT molecular complexity index is 589. The molecule has 0 radical (unpaired) electrons. The van der Waals surface area contributed by atoms with Crippen molar-refractivity contribution in [3.8, 4) is 0 Å². The van der Waals surface area contributed by atoms with Crippen LogP contribution in [0.1, 0.15) is 45.8 Å². The minimum atomic E-state index is 0.316. The van der Waals surface area contributed by atoms with E-state index in [0.29, 0.717) is 5.91 Å². The van der Waals surface area contributed by atoms with Gasteiger partial charge in [-0.2, -0.15) is 0 Å². The second kappa shape index (κ2) is 5.07. The van der Waals surface area contributed by atoms with Crippen molar-refractivity contribution in [1.29, 1.82) is 0 Å². The summed E-state index contributed by atoms with van der Waals surface area (Å²) in [6, 6.07) is 2.96. The van der Waals surface area contributed by atoms with Crippen molar-refractivity contribution in [2.45, 2.75) is 44.6 Å². The number of aryl methyl sites for hydroxylation is 2. The van der Waals surface area contributed by atoms with Gasteiger partial charge in [0.15, 0.2) is 0 Å². The highest BCUT2D eigenvalue weighted by atomic mass is 32.1. The molecule has 5 rings (SSSR count). The van der Waals surface area contributed by atoms with Crippen molar-refractivity contribution in [2.75, 3.05) is 26.2 Å². The number of nitrogens with zero attached hydrogens (tertiary/aromatic N) is 2. The molecule has 0 saturated carbocycles. The number of piperidine rings is 1. The van der Waals surface area contributed by atoms with Crippen LogP contribution in [0.15, 0.2) is 6.07 Å². The van der Waals surface area contributed by atoms with Crippen LogP contribution in [0.4, 0.5) is 0 Å². The zero-order valence-corrected chi connectivity index (χ0v) is 13.9. The topological polar surface area (TPSA) is 23.6 Å². The van der Waals surface area contributed by atoms with E-state index < -0.39 is 0 Å². The van der Waals surface area contributed by atoms with Gasteiger partial charge in [0.25, 0.3) is 5.91 Å². The van der Waals surface area contributed by atoms with Crippen LogP contribution >= 0.6 is 11.3 Å². The van der Waals surface area contributed by atoms with Gasteiger partial charge in [0.2, 0.25) is 0 Å². The fourth-order valence-electron chi connectivity index (χ4n) is 5.31. The van der Waals surface area contributed by atoms with Gasteiger partial charge < -0.3 is 4.90 Å². The number of hydrogen-bond acceptors (Lipinski definition) is 3. The summed E-state index contributed by atoms with van der Waals surface area (Å²) in [7, 11) is 0. The first-order valence-corrected chi connectivity index (χ1v) is 9.76. The van der Waals surface area contributed by atoms with Gasteiger partial charge >= 0.3 is 0 Å². The van der Waals surface area contributed by atoms with Gasteiger partial charge in [-0.3, -0.25) is 9.69 Å². The Kier molecular flexibility index (Phi) is 3.12. The summed E-state index contributed by atoms with van der Waals surface area (Å²) in [4.78, 5) is 20.2. The SMILES string of the molecule is O=C(c1cc2c(s1)CCC2)N1C[C@@H]2CN3CCCC[C@@H]3[C@@H]2C1. The Morgan fingerprint density at radius 2 is 2.09 bits per heavy atom. The Labute approximate surface area is 136 Å². The van der Waals surface area contributed by atoms with Crippen LogP contribution in [0.2, 0.25) is 0 Å². The van der Waals surface area contributed by atoms with Gasteiger partial charge in [0.05, 0.1) is 4.88 Å². The molecule has 22 heavy (non-hydrogen) atoms. The summed E-state index contributed by atoms with van der Waals surface area (Å²) in [6.45, 7) is 4.54. The normalized spacial score (nSPS) is 33.8. The van der Waals surface area contributed by atoms with E-state index >= 15 is 0 Å². The molecule has 1 amide bonds. The first kappa shape index (κ1) is 13.6. The lowest BCUT2D eigenvalue weighted by atomic mass is 9.90. The number of thiophene rings is 1. The summed E-state index contributed by atoms with van der Waals surface area (Å²) in [5, 5.41) is 0. The molecule has 1 aromatic rings. The maximum Gasteiger partial charge on any atom is 0.263 e. The molecule has 1 aromatic heterocycles. The lowest BCUT2D eigenvalue weighted by molar-refractivity contribution is 0.0758. The van der Waals surface area contributed by atoms with Crippen LogP contribution in [0.5, 0.6) is 0 Å². The fraction of sp³-hybridized carbons (Fsp3) is 0.722. The lowest BCUT2D eigenvalue weighted by Crippen LogP contribution is -2.40.